The molecule has 0 aromatic carbocycles. The van der Waals surface area contributed by atoms with Crippen molar-refractivity contribution in [3.05, 3.63) is 35.0 Å². The van der Waals surface area contributed by atoms with Gasteiger partial charge in [0, 0.05) is 7.05 Å². The first-order valence-electron chi connectivity index (χ1n) is 5.85. The van der Waals surface area contributed by atoms with Gasteiger partial charge in [-0.15, -0.1) is 0 Å². The Balaban J connectivity index is 2.30. The van der Waals surface area contributed by atoms with Gasteiger partial charge in [0.1, 0.15) is 16.4 Å². The van der Waals surface area contributed by atoms with Crippen LogP contribution in [0.3, 0.4) is 0 Å². The van der Waals surface area contributed by atoms with Gasteiger partial charge in [-0.1, -0.05) is 0 Å². The summed E-state index contributed by atoms with van der Waals surface area (Å²) in [6.45, 7) is 5.38. The van der Waals surface area contributed by atoms with E-state index in [9.17, 15) is 8.42 Å². The Bertz CT molecular complexity index is 665. The number of aryl methyl sites for hydroxylation is 3. The molecular weight excluding hydrogens is 266 g/mol. The van der Waals surface area contributed by atoms with E-state index in [2.05, 4.69) is 10.2 Å². The Kier molecular flexibility index (Phi) is 3.51. The zero-order chi connectivity index (χ0) is 14.2. The molecule has 0 spiro atoms. The molecule has 2 aromatic heterocycles. The second-order valence-corrected chi connectivity index (χ2v) is 6.52. The summed E-state index contributed by atoms with van der Waals surface area (Å²) in [5, 5.41) is 6.61. The van der Waals surface area contributed by atoms with Gasteiger partial charge in [0.2, 0.25) is 10.0 Å². The number of furan rings is 1. The van der Waals surface area contributed by atoms with E-state index in [0.717, 1.165) is 5.76 Å². The predicted octanol–water partition coefficient (Wildman–Crippen LogP) is 1.75. The van der Waals surface area contributed by atoms with Crippen molar-refractivity contribution in [2.75, 3.05) is 7.05 Å². The van der Waals surface area contributed by atoms with Crippen LogP contribution in [0, 0.1) is 20.8 Å². The minimum absolute atomic E-state index is 0.195. The average Bonchev–Trinajstić information content (AvgIpc) is 2.85. The number of sulfonamides is 1. The molecule has 2 heterocycles. The quantitative estimate of drug-likeness (QED) is 0.927. The number of aromatic nitrogens is 2. The highest BCUT2D eigenvalue weighted by Gasteiger charge is 2.27. The number of rotatable bonds is 4. The molecule has 0 saturated heterocycles. The summed E-state index contributed by atoms with van der Waals surface area (Å²) in [5.74, 6) is 1.37. The molecule has 0 saturated carbocycles. The molecule has 0 radical (unpaired) electrons. The molecule has 0 atom stereocenters. The number of hydrogen-bond acceptors (Lipinski definition) is 4. The van der Waals surface area contributed by atoms with Crippen molar-refractivity contribution >= 4 is 10.0 Å². The third-order valence-electron chi connectivity index (χ3n) is 2.90. The van der Waals surface area contributed by atoms with E-state index >= 15 is 0 Å². The normalized spacial score (nSPS) is 12.3. The number of nitrogens with one attached hydrogen (secondary N) is 1. The molecule has 2 rings (SSSR count). The Labute approximate surface area is 112 Å². The monoisotopic (exact) mass is 283 g/mol. The molecule has 0 amide bonds. The van der Waals surface area contributed by atoms with E-state index in [1.165, 1.54) is 11.4 Å². The molecule has 0 fully saturated rings. The molecule has 1 N–H and O–H groups in total. The molecule has 19 heavy (non-hydrogen) atoms. The maximum Gasteiger partial charge on any atom is 0.246 e. The summed E-state index contributed by atoms with van der Waals surface area (Å²) in [5.41, 5.74) is 1.01. The van der Waals surface area contributed by atoms with Crippen LogP contribution >= 0.6 is 0 Å². The van der Waals surface area contributed by atoms with E-state index in [0.29, 0.717) is 17.1 Å². The summed E-state index contributed by atoms with van der Waals surface area (Å²) < 4.78 is 31.6. The molecule has 0 aliphatic rings. The van der Waals surface area contributed by atoms with Crippen LogP contribution in [-0.2, 0) is 16.6 Å². The molecule has 0 unspecified atom stereocenters. The number of nitrogens with zero attached hydrogens (tertiary/aromatic N) is 2. The number of hydrogen-bond donors (Lipinski definition) is 1. The van der Waals surface area contributed by atoms with Crippen LogP contribution in [0.25, 0.3) is 0 Å². The van der Waals surface area contributed by atoms with Crippen LogP contribution in [0.5, 0.6) is 0 Å². The van der Waals surface area contributed by atoms with Crippen LogP contribution in [0.4, 0.5) is 0 Å². The van der Waals surface area contributed by atoms with E-state index in [1.807, 2.05) is 13.0 Å². The fourth-order valence-electron chi connectivity index (χ4n) is 1.95. The van der Waals surface area contributed by atoms with Gasteiger partial charge in [0.15, 0.2) is 0 Å². The van der Waals surface area contributed by atoms with Crippen LogP contribution < -0.4 is 0 Å². The highest BCUT2D eigenvalue weighted by molar-refractivity contribution is 7.89. The van der Waals surface area contributed by atoms with E-state index in [-0.39, 0.29) is 11.4 Å². The standard InChI is InChI=1S/C12H17N3O3S/c1-8-5-6-11(18-8)7-15(4)19(16,17)12-9(2)13-14-10(12)3/h5-6H,7H2,1-4H3,(H,13,14). The van der Waals surface area contributed by atoms with Gasteiger partial charge >= 0.3 is 0 Å². The smallest absolute Gasteiger partial charge is 0.246 e. The van der Waals surface area contributed by atoms with Crippen LogP contribution in [0.15, 0.2) is 21.4 Å². The lowest BCUT2D eigenvalue weighted by Gasteiger charge is -2.16. The Morgan fingerprint density at radius 3 is 2.47 bits per heavy atom. The van der Waals surface area contributed by atoms with Crippen molar-refractivity contribution in [1.29, 1.82) is 0 Å². The lowest BCUT2D eigenvalue weighted by atomic mass is 10.4. The highest BCUT2D eigenvalue weighted by atomic mass is 32.2. The zero-order valence-corrected chi connectivity index (χ0v) is 12.2. The first-order valence-corrected chi connectivity index (χ1v) is 7.29. The molecule has 0 aliphatic carbocycles. The first-order chi connectivity index (χ1) is 8.82. The van der Waals surface area contributed by atoms with Crippen LogP contribution in [0.1, 0.15) is 22.9 Å². The van der Waals surface area contributed by atoms with Gasteiger partial charge in [0.25, 0.3) is 0 Å². The molecule has 104 valence electrons. The van der Waals surface area contributed by atoms with Crippen molar-refractivity contribution in [2.45, 2.75) is 32.2 Å². The van der Waals surface area contributed by atoms with Gasteiger partial charge < -0.3 is 4.42 Å². The zero-order valence-electron chi connectivity index (χ0n) is 11.4. The molecule has 6 nitrogen and oxygen atoms in total. The molecule has 2 aromatic rings. The number of aromatic amines is 1. The molecule has 0 aliphatic heterocycles. The first kappa shape index (κ1) is 13.8. The summed E-state index contributed by atoms with van der Waals surface area (Å²) in [6, 6.07) is 3.58. The fraction of sp³-hybridized carbons (Fsp3) is 0.417. The third-order valence-corrected chi connectivity index (χ3v) is 4.97. The van der Waals surface area contributed by atoms with Crippen LogP contribution in [-0.4, -0.2) is 30.0 Å². The lowest BCUT2D eigenvalue weighted by molar-refractivity contribution is 0.397. The molecule has 7 heteroatoms. The maximum absolute atomic E-state index is 12.5. The number of H-pyrrole nitrogens is 1. The SMILES string of the molecule is Cc1ccc(CN(C)S(=O)(=O)c2c(C)n[nH]c2C)o1. The van der Waals surface area contributed by atoms with Gasteiger partial charge in [-0.3, -0.25) is 5.10 Å². The largest absolute Gasteiger partial charge is 0.465 e. The van der Waals surface area contributed by atoms with E-state index in [4.69, 9.17) is 4.42 Å². The van der Waals surface area contributed by atoms with Gasteiger partial charge in [-0.05, 0) is 32.9 Å². The van der Waals surface area contributed by atoms with Crippen molar-refractivity contribution < 1.29 is 12.8 Å². The van der Waals surface area contributed by atoms with E-state index < -0.39 is 10.0 Å². The minimum atomic E-state index is -3.57. The van der Waals surface area contributed by atoms with Crippen molar-refractivity contribution in [3.63, 3.8) is 0 Å². The summed E-state index contributed by atoms with van der Waals surface area (Å²) >= 11 is 0. The minimum Gasteiger partial charge on any atom is -0.465 e. The average molecular weight is 283 g/mol. The molecule has 0 bridgehead atoms. The molecular formula is C12H17N3O3S. The van der Waals surface area contributed by atoms with Gasteiger partial charge in [0.05, 0.1) is 17.9 Å². The van der Waals surface area contributed by atoms with Gasteiger partial charge in [-0.2, -0.15) is 9.40 Å². The summed E-state index contributed by atoms with van der Waals surface area (Å²) in [7, 11) is -2.04. The second kappa shape index (κ2) is 4.82. The Morgan fingerprint density at radius 2 is 2.00 bits per heavy atom. The topological polar surface area (TPSA) is 79.2 Å². The predicted molar refractivity (Wildman–Crippen MR) is 70.2 cm³/mol. The highest BCUT2D eigenvalue weighted by Crippen LogP contribution is 2.22. The Morgan fingerprint density at radius 1 is 1.32 bits per heavy atom. The third kappa shape index (κ3) is 2.57. The van der Waals surface area contributed by atoms with Crippen LogP contribution in [0.2, 0.25) is 0 Å². The summed E-state index contributed by atoms with van der Waals surface area (Å²) in [4.78, 5) is 0.235. The Hall–Kier alpha value is -1.60. The lowest BCUT2D eigenvalue weighted by Crippen LogP contribution is -2.27. The fourth-order valence-corrected chi connectivity index (χ4v) is 3.41. The van der Waals surface area contributed by atoms with Crippen molar-refractivity contribution in [1.82, 2.24) is 14.5 Å². The van der Waals surface area contributed by atoms with Gasteiger partial charge in [-0.25, -0.2) is 8.42 Å². The summed E-state index contributed by atoms with van der Waals surface area (Å²) in [6.07, 6.45) is 0. The van der Waals surface area contributed by atoms with Crippen molar-refractivity contribution in [2.24, 2.45) is 0 Å². The van der Waals surface area contributed by atoms with E-state index in [1.54, 1.807) is 19.9 Å². The van der Waals surface area contributed by atoms with Crippen molar-refractivity contribution in [3.8, 4) is 0 Å². The maximum atomic E-state index is 12.5. The second-order valence-electron chi connectivity index (χ2n) is 4.54.